The van der Waals surface area contributed by atoms with Crippen LogP contribution in [-0.4, -0.2) is 65.3 Å². The van der Waals surface area contributed by atoms with Crippen molar-refractivity contribution in [1.29, 1.82) is 0 Å². The van der Waals surface area contributed by atoms with Gasteiger partial charge >= 0.3 is 0 Å². The zero-order chi connectivity index (χ0) is 14.9. The molecular formula is C12H16O7S. The van der Waals surface area contributed by atoms with Gasteiger partial charge in [-0.2, -0.15) is 0 Å². The van der Waals surface area contributed by atoms with E-state index in [0.29, 0.717) is 0 Å². The van der Waals surface area contributed by atoms with E-state index in [-0.39, 0.29) is 4.90 Å². The van der Waals surface area contributed by atoms with Crippen molar-refractivity contribution in [2.45, 2.75) is 34.7 Å². The number of benzene rings is 1. The number of aliphatic hydroxyl groups is 4. The molecule has 1 saturated heterocycles. The van der Waals surface area contributed by atoms with Gasteiger partial charge in [0, 0.05) is 0 Å². The van der Waals surface area contributed by atoms with Crippen molar-refractivity contribution in [1.82, 2.24) is 0 Å². The van der Waals surface area contributed by atoms with Crippen molar-refractivity contribution in [3.8, 4) is 0 Å². The average molecular weight is 304 g/mol. The summed E-state index contributed by atoms with van der Waals surface area (Å²) >= 11 is 0. The molecule has 1 aliphatic rings. The predicted molar refractivity (Wildman–Crippen MR) is 67.4 cm³/mol. The van der Waals surface area contributed by atoms with E-state index in [1.807, 2.05) is 0 Å². The van der Waals surface area contributed by atoms with E-state index in [4.69, 9.17) is 9.84 Å². The molecule has 1 aliphatic heterocycles. The van der Waals surface area contributed by atoms with Crippen LogP contribution in [0.15, 0.2) is 35.2 Å². The Balaban J connectivity index is 2.36. The van der Waals surface area contributed by atoms with Crippen molar-refractivity contribution < 1.29 is 33.6 Å². The average Bonchev–Trinajstić information content (AvgIpc) is 2.46. The molecule has 1 aromatic carbocycles. The first-order valence-corrected chi connectivity index (χ1v) is 7.53. The number of hydrogen-bond acceptors (Lipinski definition) is 7. The molecule has 7 nitrogen and oxygen atoms in total. The van der Waals surface area contributed by atoms with Crippen LogP contribution in [0.5, 0.6) is 0 Å². The Morgan fingerprint density at radius 1 is 1.00 bits per heavy atom. The van der Waals surface area contributed by atoms with Gasteiger partial charge in [0.15, 0.2) is 5.44 Å². The van der Waals surface area contributed by atoms with Crippen LogP contribution in [0.1, 0.15) is 0 Å². The lowest BCUT2D eigenvalue weighted by Gasteiger charge is -2.39. The molecule has 0 aromatic heterocycles. The normalized spacial score (nSPS) is 34.9. The van der Waals surface area contributed by atoms with Crippen LogP contribution in [0.25, 0.3) is 0 Å². The Hall–Kier alpha value is -1.03. The maximum Gasteiger partial charge on any atom is 0.207 e. The third kappa shape index (κ3) is 2.58. The largest absolute Gasteiger partial charge is 0.394 e. The summed E-state index contributed by atoms with van der Waals surface area (Å²) in [6.45, 7) is -0.675. The lowest BCUT2D eigenvalue weighted by molar-refractivity contribution is -0.207. The molecule has 0 radical (unpaired) electrons. The number of hydrogen-bond donors (Lipinski definition) is 4. The number of sulfone groups is 1. The maximum atomic E-state index is 12.4. The van der Waals surface area contributed by atoms with Crippen molar-refractivity contribution >= 4 is 9.84 Å². The molecule has 112 valence electrons. The van der Waals surface area contributed by atoms with Crippen molar-refractivity contribution in [3.05, 3.63) is 30.3 Å². The molecule has 0 amide bonds. The summed E-state index contributed by atoms with van der Waals surface area (Å²) in [5.74, 6) is 0. The Morgan fingerprint density at radius 3 is 2.15 bits per heavy atom. The van der Waals surface area contributed by atoms with E-state index in [1.165, 1.54) is 24.3 Å². The van der Waals surface area contributed by atoms with Crippen molar-refractivity contribution in [2.75, 3.05) is 6.61 Å². The van der Waals surface area contributed by atoms with E-state index >= 15 is 0 Å². The van der Waals surface area contributed by atoms with Crippen LogP contribution in [0.2, 0.25) is 0 Å². The van der Waals surface area contributed by atoms with Gasteiger partial charge in [0.2, 0.25) is 9.84 Å². The Bertz CT molecular complexity index is 542. The molecule has 0 unspecified atom stereocenters. The summed E-state index contributed by atoms with van der Waals surface area (Å²) in [6.07, 6.45) is -6.36. The summed E-state index contributed by atoms with van der Waals surface area (Å²) in [4.78, 5) is -0.0793. The topological polar surface area (TPSA) is 124 Å². The third-order valence-corrected chi connectivity index (χ3v) is 5.16. The van der Waals surface area contributed by atoms with Crippen LogP contribution < -0.4 is 0 Å². The molecule has 1 fully saturated rings. The smallest absolute Gasteiger partial charge is 0.207 e. The van der Waals surface area contributed by atoms with Gasteiger partial charge in [-0.3, -0.25) is 0 Å². The van der Waals surface area contributed by atoms with E-state index in [1.54, 1.807) is 6.07 Å². The minimum Gasteiger partial charge on any atom is -0.394 e. The maximum absolute atomic E-state index is 12.4. The number of rotatable bonds is 3. The highest BCUT2D eigenvalue weighted by molar-refractivity contribution is 7.92. The first-order chi connectivity index (χ1) is 9.39. The summed E-state index contributed by atoms with van der Waals surface area (Å²) in [7, 11) is -4.07. The van der Waals surface area contributed by atoms with Gasteiger partial charge < -0.3 is 25.2 Å². The zero-order valence-electron chi connectivity index (χ0n) is 10.4. The molecule has 1 heterocycles. The fourth-order valence-electron chi connectivity index (χ4n) is 2.07. The first-order valence-electron chi connectivity index (χ1n) is 5.99. The van der Waals surface area contributed by atoms with Crippen LogP contribution >= 0.6 is 0 Å². The van der Waals surface area contributed by atoms with Gasteiger partial charge in [-0.15, -0.1) is 0 Å². The monoisotopic (exact) mass is 304 g/mol. The lowest BCUT2D eigenvalue weighted by Crippen LogP contribution is -2.60. The molecule has 0 spiro atoms. The minimum atomic E-state index is -4.07. The molecule has 2 rings (SSSR count). The van der Waals surface area contributed by atoms with E-state index in [9.17, 15) is 23.7 Å². The summed E-state index contributed by atoms with van der Waals surface area (Å²) in [5.41, 5.74) is -1.75. The highest BCUT2D eigenvalue weighted by Gasteiger charge is 2.49. The molecule has 0 bridgehead atoms. The standard InChI is InChI=1S/C12H16O7S/c13-6-8-9(14)10(15)11(16)12(19-8)20(17,18)7-4-2-1-3-5-7/h1-5,8-16H,6H2/t8-,9-,10+,11-,12+/m1/s1. The molecular weight excluding hydrogens is 288 g/mol. The van der Waals surface area contributed by atoms with E-state index in [2.05, 4.69) is 0 Å². The first kappa shape index (κ1) is 15.4. The van der Waals surface area contributed by atoms with E-state index < -0.39 is 46.3 Å². The molecule has 0 aliphatic carbocycles. The molecule has 0 saturated carbocycles. The lowest BCUT2D eigenvalue weighted by atomic mass is 10.0. The van der Waals surface area contributed by atoms with Gasteiger partial charge in [0.05, 0.1) is 11.5 Å². The molecule has 1 aromatic rings. The summed E-state index contributed by atoms with van der Waals surface area (Å²) in [6, 6.07) is 7.31. The predicted octanol–water partition coefficient (Wildman–Crippen LogP) is -1.74. The minimum absolute atomic E-state index is 0.0793. The Kier molecular flexibility index (Phi) is 4.43. The third-order valence-electron chi connectivity index (χ3n) is 3.23. The van der Waals surface area contributed by atoms with Gasteiger partial charge in [0.1, 0.15) is 24.4 Å². The quantitative estimate of drug-likeness (QED) is 0.522. The molecule has 8 heteroatoms. The zero-order valence-corrected chi connectivity index (χ0v) is 11.2. The summed E-state index contributed by atoms with van der Waals surface area (Å²) in [5, 5.41) is 38.1. The van der Waals surface area contributed by atoms with Gasteiger partial charge in [-0.25, -0.2) is 8.42 Å². The molecule has 20 heavy (non-hydrogen) atoms. The van der Waals surface area contributed by atoms with Gasteiger partial charge in [-0.05, 0) is 12.1 Å². The van der Waals surface area contributed by atoms with Crippen molar-refractivity contribution in [3.63, 3.8) is 0 Å². The highest BCUT2D eigenvalue weighted by atomic mass is 32.2. The fraction of sp³-hybridized carbons (Fsp3) is 0.500. The SMILES string of the molecule is O=S(=O)(c1ccccc1)[C@@H]1O[C@H](CO)[C@@H](O)[C@H](O)[C@H]1O. The van der Waals surface area contributed by atoms with Gasteiger partial charge in [-0.1, -0.05) is 18.2 Å². The number of ether oxygens (including phenoxy) is 1. The summed E-state index contributed by atoms with van der Waals surface area (Å²) < 4.78 is 29.8. The Morgan fingerprint density at radius 2 is 1.60 bits per heavy atom. The van der Waals surface area contributed by atoms with Crippen LogP contribution in [0.3, 0.4) is 0 Å². The number of aliphatic hydroxyl groups excluding tert-OH is 4. The van der Waals surface area contributed by atoms with Gasteiger partial charge in [0.25, 0.3) is 0 Å². The fourth-order valence-corrected chi connectivity index (χ4v) is 3.69. The van der Waals surface area contributed by atoms with Crippen molar-refractivity contribution in [2.24, 2.45) is 0 Å². The van der Waals surface area contributed by atoms with Crippen LogP contribution in [-0.2, 0) is 14.6 Å². The molecule has 4 N–H and O–H groups in total. The second-order valence-corrected chi connectivity index (χ2v) is 6.58. The highest BCUT2D eigenvalue weighted by Crippen LogP contribution is 2.28. The second kappa shape index (κ2) is 5.76. The van der Waals surface area contributed by atoms with Crippen LogP contribution in [0, 0.1) is 0 Å². The van der Waals surface area contributed by atoms with E-state index in [0.717, 1.165) is 0 Å². The molecule has 5 atom stereocenters. The Labute approximate surface area is 116 Å². The second-order valence-electron chi connectivity index (χ2n) is 4.56. The van der Waals surface area contributed by atoms with Crippen LogP contribution in [0.4, 0.5) is 0 Å².